The van der Waals surface area contributed by atoms with Crippen molar-refractivity contribution in [3.8, 4) is 11.4 Å². The number of nitrogens with one attached hydrogen (secondary N) is 2. The number of aryl methyl sites for hydroxylation is 1. The minimum absolute atomic E-state index is 0.0194. The number of carbonyl (C=O) groups excluding carboxylic acids is 1. The van der Waals surface area contributed by atoms with Crippen LogP contribution in [0.1, 0.15) is 42.9 Å². The maximum atomic E-state index is 12.3. The fraction of sp³-hybridized carbons (Fsp3) is 0.207. The number of hydrogen-bond donors (Lipinski definition) is 3. The Hall–Kier alpha value is -4.17. The van der Waals surface area contributed by atoms with Gasteiger partial charge in [0, 0.05) is 41.1 Å². The average Bonchev–Trinajstić information content (AvgIpc) is 3.50. The molecule has 1 amide bonds. The van der Waals surface area contributed by atoms with Crippen molar-refractivity contribution >= 4 is 34.6 Å². The van der Waals surface area contributed by atoms with Gasteiger partial charge in [-0.15, -0.1) is 0 Å². The highest BCUT2D eigenvalue weighted by molar-refractivity contribution is 7.80. The van der Waals surface area contributed by atoms with E-state index in [0.717, 1.165) is 34.0 Å². The number of nitrogens with zero attached hydrogens (tertiary/aromatic N) is 3. The first kappa shape index (κ1) is 24.5. The molecule has 2 aromatic carbocycles. The van der Waals surface area contributed by atoms with Gasteiger partial charge < -0.3 is 25.2 Å². The number of phenols is 1. The number of benzene rings is 2. The molecule has 8 heteroatoms. The first-order chi connectivity index (χ1) is 17.8. The minimum atomic E-state index is -0.207. The largest absolute Gasteiger partial charge is 0.508 e. The molecule has 3 N–H and O–H groups in total. The van der Waals surface area contributed by atoms with E-state index in [4.69, 9.17) is 12.2 Å². The molecule has 188 valence electrons. The van der Waals surface area contributed by atoms with Gasteiger partial charge in [0.2, 0.25) is 5.91 Å². The highest BCUT2D eigenvalue weighted by Crippen LogP contribution is 2.43. The summed E-state index contributed by atoms with van der Waals surface area (Å²) in [5, 5.41) is 16.9. The quantitative estimate of drug-likeness (QED) is 0.290. The molecule has 4 aromatic rings. The van der Waals surface area contributed by atoms with Crippen LogP contribution in [0.15, 0.2) is 85.2 Å². The molecule has 37 heavy (non-hydrogen) atoms. The summed E-state index contributed by atoms with van der Waals surface area (Å²) in [5.74, 6) is 0.0916. The Kier molecular flexibility index (Phi) is 6.67. The van der Waals surface area contributed by atoms with Crippen LogP contribution in [0.25, 0.3) is 5.69 Å². The molecule has 0 spiro atoms. The average molecular weight is 512 g/mol. The Morgan fingerprint density at radius 2 is 1.81 bits per heavy atom. The Balaban J connectivity index is 1.59. The van der Waals surface area contributed by atoms with Crippen LogP contribution in [0.3, 0.4) is 0 Å². The van der Waals surface area contributed by atoms with E-state index in [-0.39, 0.29) is 29.7 Å². The Labute approximate surface area is 221 Å². The number of anilines is 2. The number of phenolic OH excluding ortho intramolecular Hbond substituents is 1. The van der Waals surface area contributed by atoms with E-state index in [1.54, 1.807) is 18.3 Å². The number of carbonyl (C=O) groups is 1. The fourth-order valence-electron chi connectivity index (χ4n) is 4.63. The van der Waals surface area contributed by atoms with Crippen molar-refractivity contribution in [1.29, 1.82) is 0 Å². The van der Waals surface area contributed by atoms with Crippen molar-refractivity contribution in [3.05, 3.63) is 102 Å². The van der Waals surface area contributed by atoms with E-state index < -0.39 is 0 Å². The van der Waals surface area contributed by atoms with E-state index in [2.05, 4.69) is 31.2 Å². The van der Waals surface area contributed by atoms with Gasteiger partial charge in [-0.25, -0.2) is 0 Å². The predicted octanol–water partition coefficient (Wildman–Crippen LogP) is 5.66. The predicted molar refractivity (Wildman–Crippen MR) is 150 cm³/mol. The van der Waals surface area contributed by atoms with Crippen molar-refractivity contribution in [2.24, 2.45) is 5.92 Å². The lowest BCUT2D eigenvalue weighted by Gasteiger charge is -2.29. The van der Waals surface area contributed by atoms with Crippen molar-refractivity contribution in [3.63, 3.8) is 0 Å². The number of aromatic nitrogens is 2. The summed E-state index contributed by atoms with van der Waals surface area (Å²) in [7, 11) is 0. The molecule has 5 rings (SSSR count). The van der Waals surface area contributed by atoms with Crippen molar-refractivity contribution < 1.29 is 9.90 Å². The van der Waals surface area contributed by atoms with E-state index in [1.807, 2.05) is 81.6 Å². The molecule has 3 heterocycles. The van der Waals surface area contributed by atoms with Gasteiger partial charge in [0.15, 0.2) is 5.11 Å². The molecule has 7 nitrogen and oxygen atoms in total. The molecule has 2 aromatic heterocycles. The summed E-state index contributed by atoms with van der Waals surface area (Å²) >= 11 is 5.88. The van der Waals surface area contributed by atoms with Crippen molar-refractivity contribution in [2.75, 3.05) is 10.2 Å². The highest BCUT2D eigenvalue weighted by Gasteiger charge is 2.42. The molecule has 1 saturated heterocycles. The summed E-state index contributed by atoms with van der Waals surface area (Å²) in [6, 6.07) is 22.7. The number of rotatable bonds is 6. The third-order valence-electron chi connectivity index (χ3n) is 6.58. The number of amides is 1. The highest BCUT2D eigenvalue weighted by atomic mass is 32.1. The third-order valence-corrected chi connectivity index (χ3v) is 6.89. The SMILES string of the molecule is Cc1cc(N2C(=S)N[C@@H](c3ccccn3)[C@@H]2c2cccn2-c2ccc(O)cc2)ccc1NC(=O)C(C)C. The standard InChI is InChI=1S/C29H29N5O2S/c1-18(2)28(36)31-23-14-11-21(17-19(23)3)34-27(26(32-29(34)37)24-7-4-5-15-30-24)25-8-6-16-33(25)20-9-12-22(35)13-10-20/h4-18,26-27,35H,1-3H3,(H,31,36)(H,32,37)/t26-,27-/m0/s1. The Morgan fingerprint density at radius 3 is 2.49 bits per heavy atom. The number of hydrogen-bond acceptors (Lipinski definition) is 4. The summed E-state index contributed by atoms with van der Waals surface area (Å²) in [4.78, 5) is 19.0. The molecule has 0 radical (unpaired) electrons. The smallest absolute Gasteiger partial charge is 0.226 e. The molecule has 1 aliphatic rings. The molecule has 1 aliphatic heterocycles. The maximum absolute atomic E-state index is 12.3. The molecular weight excluding hydrogens is 482 g/mol. The van der Waals surface area contributed by atoms with E-state index >= 15 is 0 Å². The lowest BCUT2D eigenvalue weighted by molar-refractivity contribution is -0.118. The lowest BCUT2D eigenvalue weighted by Crippen LogP contribution is -2.30. The van der Waals surface area contributed by atoms with Gasteiger partial charge in [0.1, 0.15) is 11.8 Å². The molecule has 0 bridgehead atoms. The second kappa shape index (κ2) is 10.1. The van der Waals surface area contributed by atoms with Crippen LogP contribution >= 0.6 is 12.2 Å². The van der Waals surface area contributed by atoms with E-state index in [0.29, 0.717) is 5.11 Å². The van der Waals surface area contributed by atoms with Gasteiger partial charge in [-0.1, -0.05) is 19.9 Å². The topological polar surface area (TPSA) is 82.4 Å². The number of thiocarbonyl (C=S) groups is 1. The van der Waals surface area contributed by atoms with E-state index in [9.17, 15) is 9.90 Å². The van der Waals surface area contributed by atoms with Gasteiger partial charge in [-0.05, 0) is 91.4 Å². The van der Waals surface area contributed by atoms with Crippen LogP contribution in [0, 0.1) is 12.8 Å². The molecule has 0 saturated carbocycles. The van der Waals surface area contributed by atoms with Crippen molar-refractivity contribution in [1.82, 2.24) is 14.9 Å². The molecule has 0 aliphatic carbocycles. The first-order valence-corrected chi connectivity index (χ1v) is 12.6. The molecule has 2 atom stereocenters. The summed E-state index contributed by atoms with van der Waals surface area (Å²) in [6.45, 7) is 5.73. The number of aromatic hydroxyl groups is 1. The maximum Gasteiger partial charge on any atom is 0.226 e. The lowest BCUT2D eigenvalue weighted by atomic mass is 10.00. The monoisotopic (exact) mass is 511 g/mol. The second-order valence-electron chi connectivity index (χ2n) is 9.46. The zero-order valence-corrected chi connectivity index (χ0v) is 21.7. The molecule has 1 fully saturated rings. The van der Waals surface area contributed by atoms with Crippen LogP contribution in [0.2, 0.25) is 0 Å². The minimum Gasteiger partial charge on any atom is -0.508 e. The van der Waals surface area contributed by atoms with Crippen LogP contribution in [0.4, 0.5) is 11.4 Å². The normalized spacial score (nSPS) is 17.2. The molecular formula is C29H29N5O2S. The fourth-order valence-corrected chi connectivity index (χ4v) is 4.98. The second-order valence-corrected chi connectivity index (χ2v) is 9.85. The van der Waals surface area contributed by atoms with Gasteiger partial charge in [0.25, 0.3) is 0 Å². The van der Waals surface area contributed by atoms with Crippen LogP contribution in [-0.4, -0.2) is 25.7 Å². The van der Waals surface area contributed by atoms with E-state index in [1.165, 1.54) is 0 Å². The first-order valence-electron chi connectivity index (χ1n) is 12.2. The summed E-state index contributed by atoms with van der Waals surface area (Å²) in [5.41, 5.74) is 5.48. The van der Waals surface area contributed by atoms with Gasteiger partial charge in [-0.3, -0.25) is 9.78 Å². The van der Waals surface area contributed by atoms with Gasteiger partial charge >= 0.3 is 0 Å². The Morgan fingerprint density at radius 1 is 1.05 bits per heavy atom. The van der Waals surface area contributed by atoms with Gasteiger partial charge in [-0.2, -0.15) is 0 Å². The summed E-state index contributed by atoms with van der Waals surface area (Å²) < 4.78 is 2.10. The van der Waals surface area contributed by atoms with Gasteiger partial charge in [0.05, 0.1) is 11.7 Å². The van der Waals surface area contributed by atoms with Crippen LogP contribution in [-0.2, 0) is 4.79 Å². The number of pyridine rings is 1. The Bertz CT molecular complexity index is 1430. The summed E-state index contributed by atoms with van der Waals surface area (Å²) in [6.07, 6.45) is 3.79. The van der Waals surface area contributed by atoms with Crippen molar-refractivity contribution in [2.45, 2.75) is 32.9 Å². The molecule has 0 unspecified atom stereocenters. The van der Waals surface area contributed by atoms with Crippen LogP contribution < -0.4 is 15.5 Å². The zero-order valence-electron chi connectivity index (χ0n) is 20.9. The third kappa shape index (κ3) is 4.80. The van der Waals surface area contributed by atoms with Crippen LogP contribution in [0.5, 0.6) is 5.75 Å². The zero-order chi connectivity index (χ0) is 26.1.